The average Bonchev–Trinajstić information content (AvgIpc) is 3.08. The third-order valence-electron chi connectivity index (χ3n) is 5.05. The second kappa shape index (κ2) is 9.03. The molecule has 3 rings (SSSR count). The van der Waals surface area contributed by atoms with Crippen molar-refractivity contribution >= 4 is 0 Å². The number of aliphatic hydroxyl groups is 1. The Kier molecular flexibility index (Phi) is 6.48. The summed E-state index contributed by atoms with van der Waals surface area (Å²) in [6, 6.07) is 19.2. The highest BCUT2D eigenvalue weighted by Gasteiger charge is 2.20. The van der Waals surface area contributed by atoms with Crippen molar-refractivity contribution < 1.29 is 9.50 Å². The second-order valence-electron chi connectivity index (χ2n) is 7.48. The van der Waals surface area contributed by atoms with E-state index >= 15 is 0 Å². The molecule has 2 aromatic carbocycles. The lowest BCUT2D eigenvalue weighted by atomic mass is 10.0. The summed E-state index contributed by atoms with van der Waals surface area (Å²) < 4.78 is 15.8. The number of halogens is 1. The molecular weight excluding hydrogens is 349 g/mol. The van der Waals surface area contributed by atoms with Crippen LogP contribution in [0.15, 0.2) is 73.3 Å². The molecule has 0 amide bonds. The van der Waals surface area contributed by atoms with E-state index in [9.17, 15) is 9.50 Å². The first kappa shape index (κ1) is 20.1. The van der Waals surface area contributed by atoms with Gasteiger partial charge in [-0.05, 0) is 60.2 Å². The van der Waals surface area contributed by atoms with Gasteiger partial charge in [0.1, 0.15) is 5.82 Å². The van der Waals surface area contributed by atoms with Crippen molar-refractivity contribution in [2.75, 3.05) is 0 Å². The van der Waals surface area contributed by atoms with E-state index in [1.165, 1.54) is 17.8 Å². The van der Waals surface area contributed by atoms with Crippen LogP contribution in [-0.2, 0) is 6.54 Å². The summed E-state index contributed by atoms with van der Waals surface area (Å²) in [6.45, 7) is 8.76. The first-order valence-electron chi connectivity index (χ1n) is 9.85. The lowest BCUT2D eigenvalue weighted by molar-refractivity contribution is 0.161. The summed E-state index contributed by atoms with van der Waals surface area (Å²) >= 11 is 0. The van der Waals surface area contributed by atoms with E-state index in [-0.39, 0.29) is 5.82 Å². The molecule has 0 saturated heterocycles. The smallest absolute Gasteiger partial charge is 0.123 e. The maximum Gasteiger partial charge on any atom is 0.123 e. The van der Waals surface area contributed by atoms with Crippen LogP contribution in [0.5, 0.6) is 0 Å². The van der Waals surface area contributed by atoms with Gasteiger partial charge in [0.2, 0.25) is 0 Å². The molecule has 0 spiro atoms. The Morgan fingerprint density at radius 1 is 1.04 bits per heavy atom. The zero-order chi connectivity index (χ0) is 20.1. The van der Waals surface area contributed by atoms with Crippen LogP contribution in [0.25, 0.3) is 22.4 Å². The summed E-state index contributed by atoms with van der Waals surface area (Å²) in [5, 5.41) is 10.2. The number of benzene rings is 2. The fraction of sp³-hybridized carbons (Fsp3) is 0.280. The number of hydrogen-bond acceptors (Lipinski definition) is 1. The Morgan fingerprint density at radius 3 is 2.32 bits per heavy atom. The van der Waals surface area contributed by atoms with Crippen LogP contribution >= 0.6 is 0 Å². The number of nitrogens with zero attached hydrogens (tertiary/aromatic N) is 1. The molecule has 3 aromatic rings. The van der Waals surface area contributed by atoms with Crippen molar-refractivity contribution in [1.82, 2.24) is 4.57 Å². The molecule has 1 heterocycles. The van der Waals surface area contributed by atoms with Crippen molar-refractivity contribution in [3.05, 3.63) is 84.8 Å². The Labute approximate surface area is 167 Å². The van der Waals surface area contributed by atoms with E-state index in [0.29, 0.717) is 25.3 Å². The van der Waals surface area contributed by atoms with Gasteiger partial charge in [0, 0.05) is 17.8 Å². The van der Waals surface area contributed by atoms with Crippen molar-refractivity contribution in [2.45, 2.75) is 45.3 Å². The minimum Gasteiger partial charge on any atom is -0.393 e. The minimum atomic E-state index is -0.416. The highest BCUT2D eigenvalue weighted by Crippen LogP contribution is 2.38. The first-order chi connectivity index (χ1) is 13.5. The normalized spacial score (nSPS) is 12.3. The highest BCUT2D eigenvalue weighted by molar-refractivity contribution is 5.82. The van der Waals surface area contributed by atoms with Crippen LogP contribution in [0.2, 0.25) is 0 Å². The zero-order valence-electron chi connectivity index (χ0n) is 16.6. The fourth-order valence-corrected chi connectivity index (χ4v) is 3.63. The molecule has 0 aliphatic heterocycles. The number of aromatic nitrogens is 1. The number of rotatable bonds is 8. The van der Waals surface area contributed by atoms with Gasteiger partial charge >= 0.3 is 0 Å². The largest absolute Gasteiger partial charge is 0.393 e. The van der Waals surface area contributed by atoms with Crippen LogP contribution < -0.4 is 0 Å². The fourth-order valence-electron chi connectivity index (χ4n) is 3.63. The Hall–Kier alpha value is -2.65. The van der Waals surface area contributed by atoms with Gasteiger partial charge in [0.15, 0.2) is 0 Å². The van der Waals surface area contributed by atoms with E-state index in [0.717, 1.165) is 22.4 Å². The topological polar surface area (TPSA) is 25.2 Å². The van der Waals surface area contributed by atoms with Crippen molar-refractivity contribution in [2.24, 2.45) is 0 Å². The van der Waals surface area contributed by atoms with E-state index < -0.39 is 6.10 Å². The summed E-state index contributed by atoms with van der Waals surface area (Å²) in [6.07, 6.45) is 2.56. The van der Waals surface area contributed by atoms with Gasteiger partial charge in [0.25, 0.3) is 0 Å². The predicted octanol–water partition coefficient (Wildman–Crippen LogP) is 6.41. The Balaban J connectivity index is 2.15. The highest BCUT2D eigenvalue weighted by atomic mass is 19.1. The molecule has 0 aliphatic rings. The van der Waals surface area contributed by atoms with Crippen LogP contribution in [0.1, 0.15) is 38.3 Å². The average molecular weight is 378 g/mol. The Morgan fingerprint density at radius 2 is 1.71 bits per heavy atom. The van der Waals surface area contributed by atoms with Crippen LogP contribution in [0.4, 0.5) is 4.39 Å². The van der Waals surface area contributed by atoms with Gasteiger partial charge in [0.05, 0.1) is 11.8 Å². The lowest BCUT2D eigenvalue weighted by Crippen LogP contribution is -2.13. The zero-order valence-corrected chi connectivity index (χ0v) is 16.6. The molecular formula is C25H28FNO. The molecule has 0 saturated carbocycles. The van der Waals surface area contributed by atoms with E-state index in [2.05, 4.69) is 43.2 Å². The molecule has 0 radical (unpaired) electrons. The SMILES string of the molecule is C=CC[C@H](O)CCn1c(C(C)C)cc(-c2ccccc2)c1-c1ccc(F)cc1. The van der Waals surface area contributed by atoms with Crippen molar-refractivity contribution in [3.8, 4) is 22.4 Å². The standard InChI is InChI=1S/C25H28FNO/c1-4-8-22(28)15-16-27-24(18(2)3)17-23(19-9-6-5-7-10-19)25(27)20-11-13-21(26)14-12-20/h4-7,9-14,17-18,22,28H,1,8,15-16H2,2-3H3/t22-/m0/s1. The lowest BCUT2D eigenvalue weighted by Gasteiger charge is -2.18. The van der Waals surface area contributed by atoms with Crippen LogP contribution in [0, 0.1) is 5.82 Å². The third kappa shape index (κ3) is 4.42. The predicted molar refractivity (Wildman–Crippen MR) is 115 cm³/mol. The molecule has 146 valence electrons. The molecule has 0 aliphatic carbocycles. The molecule has 0 bridgehead atoms. The molecule has 0 fully saturated rings. The third-order valence-corrected chi connectivity index (χ3v) is 5.05. The number of hydrogen-bond donors (Lipinski definition) is 1. The quantitative estimate of drug-likeness (QED) is 0.451. The first-order valence-corrected chi connectivity index (χ1v) is 9.85. The molecule has 0 unspecified atom stereocenters. The van der Waals surface area contributed by atoms with Crippen molar-refractivity contribution in [1.29, 1.82) is 0 Å². The molecule has 3 heteroatoms. The van der Waals surface area contributed by atoms with Crippen molar-refractivity contribution in [3.63, 3.8) is 0 Å². The molecule has 28 heavy (non-hydrogen) atoms. The maximum absolute atomic E-state index is 13.5. The second-order valence-corrected chi connectivity index (χ2v) is 7.48. The molecule has 1 aromatic heterocycles. The Bertz CT molecular complexity index is 910. The summed E-state index contributed by atoms with van der Waals surface area (Å²) in [5.41, 5.74) is 5.53. The summed E-state index contributed by atoms with van der Waals surface area (Å²) in [7, 11) is 0. The van der Waals surface area contributed by atoms with Gasteiger partial charge in [-0.2, -0.15) is 0 Å². The maximum atomic E-state index is 13.5. The van der Waals surface area contributed by atoms with Gasteiger partial charge < -0.3 is 9.67 Å². The molecule has 1 N–H and O–H groups in total. The summed E-state index contributed by atoms with van der Waals surface area (Å²) in [5.74, 6) is 0.0850. The van der Waals surface area contributed by atoms with Crippen LogP contribution in [0.3, 0.4) is 0 Å². The minimum absolute atomic E-state index is 0.242. The van der Waals surface area contributed by atoms with E-state index in [4.69, 9.17) is 0 Å². The van der Waals surface area contributed by atoms with Gasteiger partial charge in [-0.3, -0.25) is 0 Å². The van der Waals surface area contributed by atoms with Gasteiger partial charge in [-0.1, -0.05) is 50.3 Å². The van der Waals surface area contributed by atoms with Gasteiger partial charge in [-0.15, -0.1) is 6.58 Å². The van der Waals surface area contributed by atoms with E-state index in [1.807, 2.05) is 30.3 Å². The van der Waals surface area contributed by atoms with E-state index in [1.54, 1.807) is 6.08 Å². The molecule has 2 nitrogen and oxygen atoms in total. The monoisotopic (exact) mass is 377 g/mol. The number of aliphatic hydroxyl groups excluding tert-OH is 1. The summed E-state index contributed by atoms with van der Waals surface area (Å²) in [4.78, 5) is 0. The van der Waals surface area contributed by atoms with Gasteiger partial charge in [-0.25, -0.2) is 4.39 Å². The van der Waals surface area contributed by atoms with Crippen LogP contribution in [-0.4, -0.2) is 15.8 Å². The molecule has 1 atom stereocenters.